The number of aromatic amines is 1. The van der Waals surface area contributed by atoms with Crippen LogP contribution in [0.3, 0.4) is 0 Å². The number of aromatic nitrogens is 3. The molecule has 18 heavy (non-hydrogen) atoms. The third-order valence-electron chi connectivity index (χ3n) is 3.03. The highest BCUT2D eigenvalue weighted by molar-refractivity contribution is 5.75. The van der Waals surface area contributed by atoms with Crippen molar-refractivity contribution in [3.63, 3.8) is 0 Å². The topological polar surface area (TPSA) is 41.6 Å². The SMILES string of the molecule is Cc1ccc2nc(CCc3ccccn3)[nH]c2c1. The van der Waals surface area contributed by atoms with Gasteiger partial charge in [0.15, 0.2) is 0 Å². The lowest BCUT2D eigenvalue weighted by Gasteiger charge is -1.96. The Morgan fingerprint density at radius 3 is 2.89 bits per heavy atom. The molecule has 0 unspecified atom stereocenters. The Balaban J connectivity index is 1.79. The molecule has 3 rings (SSSR count). The third-order valence-corrected chi connectivity index (χ3v) is 3.03. The molecule has 90 valence electrons. The van der Waals surface area contributed by atoms with Crippen LogP contribution in [0.2, 0.25) is 0 Å². The number of nitrogens with one attached hydrogen (secondary N) is 1. The quantitative estimate of drug-likeness (QED) is 0.760. The summed E-state index contributed by atoms with van der Waals surface area (Å²) in [6, 6.07) is 12.3. The Bertz CT molecular complexity index is 656. The second-order valence-electron chi connectivity index (χ2n) is 4.53. The normalized spacial score (nSPS) is 10.9. The third kappa shape index (κ3) is 2.25. The standard InChI is InChI=1S/C15H15N3/c1-11-5-7-13-14(10-11)18-15(17-13)8-6-12-4-2-3-9-16-12/h2-5,7,9-10H,6,8H2,1H3,(H,17,18). The molecule has 0 saturated heterocycles. The van der Waals surface area contributed by atoms with E-state index in [-0.39, 0.29) is 0 Å². The molecule has 0 radical (unpaired) electrons. The van der Waals surface area contributed by atoms with E-state index < -0.39 is 0 Å². The molecule has 0 aliphatic carbocycles. The second kappa shape index (κ2) is 4.61. The summed E-state index contributed by atoms with van der Waals surface area (Å²) < 4.78 is 0. The summed E-state index contributed by atoms with van der Waals surface area (Å²) >= 11 is 0. The molecular weight excluding hydrogens is 222 g/mol. The fraction of sp³-hybridized carbons (Fsp3) is 0.200. The number of benzene rings is 1. The first-order valence-electron chi connectivity index (χ1n) is 6.16. The van der Waals surface area contributed by atoms with Crippen LogP contribution >= 0.6 is 0 Å². The van der Waals surface area contributed by atoms with Gasteiger partial charge in [-0.3, -0.25) is 4.98 Å². The smallest absolute Gasteiger partial charge is 0.107 e. The Morgan fingerprint density at radius 2 is 2.06 bits per heavy atom. The predicted octanol–water partition coefficient (Wildman–Crippen LogP) is 3.05. The summed E-state index contributed by atoms with van der Waals surface area (Å²) in [7, 11) is 0. The van der Waals surface area contributed by atoms with E-state index in [9.17, 15) is 0 Å². The zero-order valence-corrected chi connectivity index (χ0v) is 10.4. The maximum atomic E-state index is 4.59. The first kappa shape index (κ1) is 11.0. The van der Waals surface area contributed by atoms with Crippen LogP contribution in [0.25, 0.3) is 11.0 Å². The summed E-state index contributed by atoms with van der Waals surface area (Å²) in [5, 5.41) is 0. The average molecular weight is 237 g/mol. The van der Waals surface area contributed by atoms with Crippen molar-refractivity contribution < 1.29 is 0 Å². The molecule has 1 N–H and O–H groups in total. The number of hydrogen-bond acceptors (Lipinski definition) is 2. The van der Waals surface area contributed by atoms with Crippen LogP contribution in [0.1, 0.15) is 17.1 Å². The fourth-order valence-electron chi connectivity index (χ4n) is 2.09. The van der Waals surface area contributed by atoms with Crippen molar-refractivity contribution in [2.75, 3.05) is 0 Å². The number of nitrogens with zero attached hydrogens (tertiary/aromatic N) is 2. The van der Waals surface area contributed by atoms with Crippen molar-refractivity contribution in [2.24, 2.45) is 0 Å². The minimum atomic E-state index is 0.894. The highest BCUT2D eigenvalue weighted by Gasteiger charge is 2.03. The first-order chi connectivity index (χ1) is 8.81. The molecule has 0 amide bonds. The van der Waals surface area contributed by atoms with Crippen molar-refractivity contribution in [3.05, 3.63) is 59.7 Å². The lowest BCUT2D eigenvalue weighted by molar-refractivity contribution is 0.861. The van der Waals surface area contributed by atoms with E-state index in [4.69, 9.17) is 0 Å². The van der Waals surface area contributed by atoms with Gasteiger partial charge in [-0.25, -0.2) is 4.98 Å². The van der Waals surface area contributed by atoms with Gasteiger partial charge in [-0.15, -0.1) is 0 Å². The molecule has 0 bridgehead atoms. The van der Waals surface area contributed by atoms with E-state index in [1.54, 1.807) is 0 Å². The van der Waals surface area contributed by atoms with Crippen molar-refractivity contribution in [2.45, 2.75) is 19.8 Å². The van der Waals surface area contributed by atoms with Crippen LogP contribution in [0.5, 0.6) is 0 Å². The van der Waals surface area contributed by atoms with Gasteiger partial charge in [0.25, 0.3) is 0 Å². The van der Waals surface area contributed by atoms with Crippen LogP contribution in [-0.4, -0.2) is 15.0 Å². The molecule has 3 heteroatoms. The number of fused-ring (bicyclic) bond motifs is 1. The Morgan fingerprint density at radius 1 is 1.11 bits per heavy atom. The lowest BCUT2D eigenvalue weighted by Crippen LogP contribution is -1.95. The van der Waals surface area contributed by atoms with Gasteiger partial charge < -0.3 is 4.98 Å². The van der Waals surface area contributed by atoms with E-state index in [1.165, 1.54) is 5.56 Å². The van der Waals surface area contributed by atoms with E-state index in [0.29, 0.717) is 0 Å². The van der Waals surface area contributed by atoms with E-state index in [0.717, 1.165) is 35.4 Å². The highest BCUT2D eigenvalue weighted by Crippen LogP contribution is 2.14. The molecule has 0 atom stereocenters. The van der Waals surface area contributed by atoms with Gasteiger partial charge in [0.2, 0.25) is 0 Å². The largest absolute Gasteiger partial charge is 0.342 e. The minimum Gasteiger partial charge on any atom is -0.342 e. The highest BCUT2D eigenvalue weighted by atomic mass is 14.9. The molecular formula is C15H15N3. The zero-order chi connectivity index (χ0) is 12.4. The van der Waals surface area contributed by atoms with Gasteiger partial charge >= 0.3 is 0 Å². The molecule has 2 aromatic heterocycles. The van der Waals surface area contributed by atoms with Crippen molar-refractivity contribution in [1.29, 1.82) is 0 Å². The maximum absolute atomic E-state index is 4.59. The van der Waals surface area contributed by atoms with Gasteiger partial charge in [0, 0.05) is 18.3 Å². The fourth-order valence-corrected chi connectivity index (χ4v) is 2.09. The van der Waals surface area contributed by atoms with Gasteiger partial charge in [-0.2, -0.15) is 0 Å². The Labute approximate surface area is 106 Å². The lowest BCUT2D eigenvalue weighted by atomic mass is 10.2. The Kier molecular flexibility index (Phi) is 2.81. The van der Waals surface area contributed by atoms with E-state index in [1.807, 2.05) is 24.4 Å². The number of rotatable bonds is 3. The molecule has 0 aliphatic rings. The van der Waals surface area contributed by atoms with Crippen LogP contribution in [0.4, 0.5) is 0 Å². The van der Waals surface area contributed by atoms with Crippen LogP contribution < -0.4 is 0 Å². The van der Waals surface area contributed by atoms with Crippen LogP contribution in [-0.2, 0) is 12.8 Å². The number of aryl methyl sites for hydroxylation is 3. The van der Waals surface area contributed by atoms with Crippen LogP contribution in [0, 0.1) is 6.92 Å². The maximum Gasteiger partial charge on any atom is 0.107 e. The minimum absolute atomic E-state index is 0.894. The predicted molar refractivity (Wildman–Crippen MR) is 72.5 cm³/mol. The van der Waals surface area contributed by atoms with Crippen LogP contribution in [0.15, 0.2) is 42.6 Å². The molecule has 3 aromatic rings. The summed E-state index contributed by atoms with van der Waals surface area (Å²) in [5.41, 5.74) is 4.51. The summed E-state index contributed by atoms with van der Waals surface area (Å²) in [4.78, 5) is 12.3. The number of imidazole rings is 1. The van der Waals surface area contributed by atoms with Gasteiger partial charge in [0.05, 0.1) is 11.0 Å². The van der Waals surface area contributed by atoms with Gasteiger partial charge in [-0.05, 0) is 43.2 Å². The summed E-state index contributed by atoms with van der Waals surface area (Å²) in [6.07, 6.45) is 3.64. The van der Waals surface area contributed by atoms with Gasteiger partial charge in [-0.1, -0.05) is 12.1 Å². The molecule has 0 saturated carbocycles. The van der Waals surface area contributed by atoms with Crippen molar-refractivity contribution in [3.8, 4) is 0 Å². The summed E-state index contributed by atoms with van der Waals surface area (Å²) in [6.45, 7) is 2.09. The second-order valence-corrected chi connectivity index (χ2v) is 4.53. The molecule has 3 nitrogen and oxygen atoms in total. The molecule has 2 heterocycles. The average Bonchev–Trinajstić information content (AvgIpc) is 2.79. The summed E-state index contributed by atoms with van der Waals surface area (Å²) in [5.74, 6) is 1.03. The number of H-pyrrole nitrogens is 1. The Hall–Kier alpha value is -2.16. The number of hydrogen-bond donors (Lipinski definition) is 1. The van der Waals surface area contributed by atoms with Crippen molar-refractivity contribution >= 4 is 11.0 Å². The van der Waals surface area contributed by atoms with E-state index >= 15 is 0 Å². The molecule has 0 aliphatic heterocycles. The number of pyridine rings is 1. The van der Waals surface area contributed by atoms with Crippen molar-refractivity contribution in [1.82, 2.24) is 15.0 Å². The molecule has 1 aromatic carbocycles. The first-order valence-corrected chi connectivity index (χ1v) is 6.16. The molecule has 0 fully saturated rings. The monoisotopic (exact) mass is 237 g/mol. The van der Waals surface area contributed by atoms with Gasteiger partial charge in [0.1, 0.15) is 5.82 Å². The van der Waals surface area contributed by atoms with E-state index in [2.05, 4.69) is 40.1 Å². The molecule has 0 spiro atoms. The zero-order valence-electron chi connectivity index (χ0n) is 10.4.